The number of likely N-dealkylation sites (tertiary alicyclic amines) is 2. The number of ether oxygens (including phenoxy) is 1. The zero-order chi connectivity index (χ0) is 43.6. The normalized spacial score (nSPS) is 18.9. The predicted molar refractivity (Wildman–Crippen MR) is 161 cm³/mol. The molecule has 2 aliphatic heterocycles. The van der Waals surface area contributed by atoms with Crippen molar-refractivity contribution in [2.24, 2.45) is 11.3 Å². The molecular weight excluding hydrogens is 792 g/mol. The standard InChI is InChI=1S/C21H34N4O2.4C2HF3O2/c1-4-27-20(26)21-8-6-10-24(14-18-7-5-9-22-13-18)15-19(21)16-25(17-21)12-11-23(2)3;4*3-2(4,5)1(6)7/h5,7,9,13,19H,4,6,8,10-12,14-17H2,1-3H3;4*(H,6,7)/t19-,21-;;;;/m0..../s1. The third-order valence-corrected chi connectivity index (χ3v) is 6.99. The molecule has 2 saturated heterocycles. The van der Waals surface area contributed by atoms with E-state index in [-0.39, 0.29) is 11.4 Å². The molecule has 4 N–H and O–H groups in total. The van der Waals surface area contributed by atoms with Crippen molar-refractivity contribution < 1.29 is 102 Å². The molecule has 3 heterocycles. The van der Waals surface area contributed by atoms with Gasteiger partial charge in [0.1, 0.15) is 0 Å². The van der Waals surface area contributed by atoms with Crippen LogP contribution in [0.5, 0.6) is 0 Å². The van der Waals surface area contributed by atoms with Gasteiger partial charge in [-0.05, 0) is 52.0 Å². The number of nitrogens with zero attached hydrogens (tertiary/aromatic N) is 4. The van der Waals surface area contributed by atoms with Crippen LogP contribution in [0, 0.1) is 11.3 Å². The van der Waals surface area contributed by atoms with Gasteiger partial charge in [-0.25, -0.2) is 19.2 Å². The van der Waals surface area contributed by atoms with E-state index >= 15 is 0 Å². The van der Waals surface area contributed by atoms with Crippen LogP contribution in [0.25, 0.3) is 0 Å². The summed E-state index contributed by atoms with van der Waals surface area (Å²) in [7, 11) is 4.20. The Hall–Kier alpha value is -4.46. The van der Waals surface area contributed by atoms with Crippen LogP contribution >= 0.6 is 0 Å². The Balaban J connectivity index is 0. The van der Waals surface area contributed by atoms with Gasteiger partial charge < -0.3 is 35.0 Å². The van der Waals surface area contributed by atoms with Crippen molar-refractivity contribution in [2.45, 2.75) is 51.0 Å². The summed E-state index contributed by atoms with van der Waals surface area (Å²) in [4.78, 5) is 60.0. The first-order chi connectivity index (χ1) is 24.8. The number of aromatic nitrogens is 1. The van der Waals surface area contributed by atoms with Gasteiger partial charge in [0.25, 0.3) is 0 Å². The molecule has 1 aromatic heterocycles. The second kappa shape index (κ2) is 22.8. The van der Waals surface area contributed by atoms with Crippen molar-refractivity contribution in [1.82, 2.24) is 19.7 Å². The van der Waals surface area contributed by atoms with Gasteiger partial charge in [-0.2, -0.15) is 52.7 Å². The van der Waals surface area contributed by atoms with Crippen molar-refractivity contribution >= 4 is 29.8 Å². The molecule has 0 unspecified atom stereocenters. The SMILES string of the molecule is CCOC(=O)[C@]12CCCN(Cc3cccnc3)C[C@H]1CN(CCN(C)C)C2.O=C(O)C(F)(F)F.O=C(O)C(F)(F)F.O=C(O)C(F)(F)F.O=C(O)C(F)(F)F. The number of carbonyl (C=O) groups is 5. The molecule has 1 aromatic rings. The minimum atomic E-state index is -5.08. The van der Waals surface area contributed by atoms with Crippen molar-refractivity contribution in [3.05, 3.63) is 30.1 Å². The van der Waals surface area contributed by atoms with Gasteiger partial charge in [-0.15, -0.1) is 0 Å². The number of aliphatic carboxylic acids is 4. The molecule has 3 rings (SSSR count). The van der Waals surface area contributed by atoms with Crippen molar-refractivity contribution in [1.29, 1.82) is 0 Å². The number of carboxylic acid groups (broad SMARTS) is 4. The lowest BCUT2D eigenvalue weighted by molar-refractivity contribution is -0.193. The van der Waals surface area contributed by atoms with Crippen molar-refractivity contribution in [3.63, 3.8) is 0 Å². The zero-order valence-corrected chi connectivity index (χ0v) is 29.0. The van der Waals surface area contributed by atoms with Gasteiger partial charge in [-0.3, -0.25) is 14.7 Å². The van der Waals surface area contributed by atoms with Gasteiger partial charge >= 0.3 is 54.6 Å². The maximum absolute atomic E-state index is 13.0. The lowest BCUT2D eigenvalue weighted by Gasteiger charge is -2.31. The van der Waals surface area contributed by atoms with Crippen molar-refractivity contribution in [2.75, 3.05) is 60.0 Å². The second-order valence-corrected chi connectivity index (χ2v) is 11.5. The number of halogens is 12. The lowest BCUT2D eigenvalue weighted by atomic mass is 9.75. The van der Waals surface area contributed by atoms with E-state index in [1.807, 2.05) is 25.4 Å². The third-order valence-electron chi connectivity index (χ3n) is 6.99. The Kier molecular flexibility index (Phi) is 21.8. The number of alkyl halides is 12. The number of rotatable bonds is 7. The fraction of sp³-hybridized carbons (Fsp3) is 0.655. The molecule has 0 spiro atoms. The summed E-state index contributed by atoms with van der Waals surface area (Å²) >= 11 is 0. The first kappa shape index (κ1) is 52.6. The van der Waals surface area contributed by atoms with Crippen LogP contribution in [0.2, 0.25) is 0 Å². The third kappa shape index (κ3) is 21.9. The predicted octanol–water partition coefficient (Wildman–Crippen LogP) is 4.25. The average molecular weight is 831 g/mol. The molecule has 0 amide bonds. The Morgan fingerprint density at radius 1 is 0.800 bits per heavy atom. The quantitative estimate of drug-likeness (QED) is 0.225. The number of carboxylic acids is 4. The molecule has 55 heavy (non-hydrogen) atoms. The number of hydrogen-bond acceptors (Lipinski definition) is 10. The van der Waals surface area contributed by atoms with E-state index in [2.05, 4.69) is 39.8 Å². The minimum Gasteiger partial charge on any atom is -0.475 e. The molecule has 318 valence electrons. The van der Waals surface area contributed by atoms with Crippen LogP contribution in [-0.4, -0.2) is 155 Å². The largest absolute Gasteiger partial charge is 0.490 e. The van der Waals surface area contributed by atoms with Crippen LogP contribution in [0.4, 0.5) is 52.7 Å². The molecule has 26 heteroatoms. The molecule has 0 bridgehead atoms. The zero-order valence-electron chi connectivity index (χ0n) is 29.0. The van der Waals surface area contributed by atoms with Gasteiger partial charge in [0.05, 0.1) is 12.0 Å². The molecular formula is C29H38F12N4O10. The van der Waals surface area contributed by atoms with E-state index < -0.39 is 48.6 Å². The Morgan fingerprint density at radius 2 is 1.22 bits per heavy atom. The summed E-state index contributed by atoms with van der Waals surface area (Å²) in [5, 5.41) is 28.5. The van der Waals surface area contributed by atoms with Crippen LogP contribution in [-0.2, 0) is 35.3 Å². The average Bonchev–Trinajstić information content (AvgIpc) is 3.28. The van der Waals surface area contributed by atoms with Crippen LogP contribution in [0.1, 0.15) is 25.3 Å². The molecule has 0 saturated carbocycles. The Labute approximate surface area is 304 Å². The molecule has 0 radical (unpaired) electrons. The second-order valence-electron chi connectivity index (χ2n) is 11.5. The van der Waals surface area contributed by atoms with Gasteiger partial charge in [0.15, 0.2) is 0 Å². The molecule has 14 nitrogen and oxygen atoms in total. The van der Waals surface area contributed by atoms with Crippen LogP contribution in [0.3, 0.4) is 0 Å². The summed E-state index contributed by atoms with van der Waals surface area (Å²) in [5.41, 5.74) is 0.898. The van der Waals surface area contributed by atoms with Gasteiger partial charge in [0, 0.05) is 57.6 Å². The van der Waals surface area contributed by atoms with Crippen LogP contribution in [0.15, 0.2) is 24.5 Å². The number of hydrogen-bond donors (Lipinski definition) is 4. The van der Waals surface area contributed by atoms with E-state index in [1.165, 1.54) is 5.56 Å². The number of likely N-dealkylation sites (N-methyl/N-ethyl adjacent to an activating group) is 1. The number of pyridine rings is 1. The number of carbonyl (C=O) groups excluding carboxylic acids is 1. The smallest absolute Gasteiger partial charge is 0.475 e. The van der Waals surface area contributed by atoms with Crippen molar-refractivity contribution in [3.8, 4) is 0 Å². The molecule has 0 aromatic carbocycles. The highest BCUT2D eigenvalue weighted by Crippen LogP contribution is 2.44. The highest BCUT2D eigenvalue weighted by Gasteiger charge is 2.54. The summed E-state index contributed by atoms with van der Waals surface area (Å²) in [6.07, 6.45) is -14.6. The summed E-state index contributed by atoms with van der Waals surface area (Å²) in [5.74, 6) is -10.7. The highest BCUT2D eigenvalue weighted by atomic mass is 19.4. The van der Waals surface area contributed by atoms with E-state index in [9.17, 15) is 57.5 Å². The Bertz CT molecular complexity index is 1270. The summed E-state index contributed by atoms with van der Waals surface area (Å²) in [6, 6.07) is 4.13. The molecule has 2 fully saturated rings. The summed E-state index contributed by atoms with van der Waals surface area (Å²) in [6.45, 7) is 9.11. The maximum Gasteiger partial charge on any atom is 0.490 e. The maximum atomic E-state index is 13.0. The van der Waals surface area contributed by atoms with E-state index in [0.717, 1.165) is 58.7 Å². The molecule has 2 aliphatic rings. The monoisotopic (exact) mass is 830 g/mol. The van der Waals surface area contributed by atoms with Gasteiger partial charge in [-0.1, -0.05) is 6.07 Å². The minimum absolute atomic E-state index is 0.0191. The van der Waals surface area contributed by atoms with Gasteiger partial charge in [0.2, 0.25) is 0 Å². The van der Waals surface area contributed by atoms with Crippen LogP contribution < -0.4 is 0 Å². The first-order valence-corrected chi connectivity index (χ1v) is 15.2. The molecule has 0 aliphatic carbocycles. The highest BCUT2D eigenvalue weighted by molar-refractivity contribution is 5.78. The number of esters is 1. The lowest BCUT2D eigenvalue weighted by Crippen LogP contribution is -2.42. The molecule has 2 atom stereocenters. The van der Waals surface area contributed by atoms with E-state index in [4.69, 9.17) is 44.3 Å². The van der Waals surface area contributed by atoms with E-state index in [1.54, 1.807) is 0 Å². The van der Waals surface area contributed by atoms with E-state index in [0.29, 0.717) is 12.5 Å². The fourth-order valence-corrected chi connectivity index (χ4v) is 4.63. The number of fused-ring (bicyclic) bond motifs is 1. The fourth-order valence-electron chi connectivity index (χ4n) is 4.63. The Morgan fingerprint density at radius 3 is 1.56 bits per heavy atom. The first-order valence-electron chi connectivity index (χ1n) is 15.2. The topological polar surface area (TPSA) is 198 Å². The summed E-state index contributed by atoms with van der Waals surface area (Å²) < 4.78 is 133.